The second-order valence-electron chi connectivity index (χ2n) is 4.52. The zero-order valence-electron chi connectivity index (χ0n) is 12.0. The first kappa shape index (κ1) is 14.4. The van der Waals surface area contributed by atoms with Gasteiger partial charge in [0.2, 0.25) is 5.95 Å². The Labute approximate surface area is 130 Å². The second-order valence-corrected chi connectivity index (χ2v) is 5.75. The number of methoxy groups -OCH3 is 1. The summed E-state index contributed by atoms with van der Waals surface area (Å²) >= 11 is 1.56. The molecule has 3 aromatic rings. The number of rotatable bonds is 4. The third-order valence-corrected chi connectivity index (χ3v) is 3.84. The lowest BCUT2D eigenvalue weighted by Crippen LogP contribution is -1.98. The Balaban J connectivity index is 1.85. The molecule has 0 unspecified atom stereocenters. The summed E-state index contributed by atoms with van der Waals surface area (Å²) in [6, 6.07) is 6.37. The van der Waals surface area contributed by atoms with Gasteiger partial charge < -0.3 is 10.1 Å². The number of nitrogens with zero attached hydrogens (tertiary/aromatic N) is 3. The van der Waals surface area contributed by atoms with E-state index >= 15 is 0 Å². The molecule has 0 amide bonds. The monoisotopic (exact) mass is 316 g/mol. The van der Waals surface area contributed by atoms with Crippen molar-refractivity contribution in [1.82, 2.24) is 15.0 Å². The molecule has 7 heteroatoms. The van der Waals surface area contributed by atoms with Gasteiger partial charge in [0.1, 0.15) is 10.7 Å². The van der Waals surface area contributed by atoms with Crippen LogP contribution in [0, 0.1) is 12.7 Å². The Kier molecular flexibility index (Phi) is 3.97. The molecule has 0 saturated carbocycles. The fourth-order valence-electron chi connectivity index (χ4n) is 1.88. The first-order valence-electron chi connectivity index (χ1n) is 6.52. The normalized spacial score (nSPS) is 10.5. The molecule has 0 spiro atoms. The van der Waals surface area contributed by atoms with Gasteiger partial charge in [0.25, 0.3) is 0 Å². The maximum Gasteiger partial charge on any atom is 0.227 e. The van der Waals surface area contributed by atoms with Gasteiger partial charge in [-0.15, -0.1) is 11.3 Å². The number of aromatic nitrogens is 3. The van der Waals surface area contributed by atoms with Gasteiger partial charge in [0.05, 0.1) is 7.11 Å². The highest BCUT2D eigenvalue weighted by molar-refractivity contribution is 7.14. The Morgan fingerprint density at radius 1 is 1.23 bits per heavy atom. The second kappa shape index (κ2) is 6.07. The third-order valence-electron chi connectivity index (χ3n) is 2.90. The number of ether oxygens (including phenoxy) is 1. The molecule has 5 nitrogen and oxygen atoms in total. The number of halogens is 1. The highest BCUT2D eigenvalue weighted by atomic mass is 32.1. The molecule has 0 bridgehead atoms. The van der Waals surface area contributed by atoms with Gasteiger partial charge in [-0.3, -0.25) is 0 Å². The lowest BCUT2D eigenvalue weighted by atomic mass is 10.3. The van der Waals surface area contributed by atoms with Crippen LogP contribution < -0.4 is 10.1 Å². The summed E-state index contributed by atoms with van der Waals surface area (Å²) in [7, 11) is 1.42. The van der Waals surface area contributed by atoms with Gasteiger partial charge in [0, 0.05) is 29.0 Å². The van der Waals surface area contributed by atoms with Gasteiger partial charge in [-0.05, 0) is 25.1 Å². The van der Waals surface area contributed by atoms with Gasteiger partial charge in [-0.1, -0.05) is 0 Å². The van der Waals surface area contributed by atoms with Crippen molar-refractivity contribution in [3.8, 4) is 16.5 Å². The van der Waals surface area contributed by atoms with Crippen LogP contribution in [0.25, 0.3) is 10.7 Å². The zero-order valence-corrected chi connectivity index (χ0v) is 12.8. The van der Waals surface area contributed by atoms with Crippen LogP contribution >= 0.6 is 11.3 Å². The lowest BCUT2D eigenvalue weighted by Gasteiger charge is -2.07. The summed E-state index contributed by atoms with van der Waals surface area (Å²) in [6.07, 6.45) is 3.44. The summed E-state index contributed by atoms with van der Waals surface area (Å²) in [5.74, 6) is 0.132. The fourth-order valence-corrected chi connectivity index (χ4v) is 2.62. The summed E-state index contributed by atoms with van der Waals surface area (Å²) in [6.45, 7) is 1.99. The highest BCUT2D eigenvalue weighted by Crippen LogP contribution is 2.25. The minimum atomic E-state index is -0.445. The molecule has 112 valence electrons. The molecule has 0 aliphatic rings. The molecule has 1 aromatic carbocycles. The summed E-state index contributed by atoms with van der Waals surface area (Å²) < 4.78 is 18.6. The number of thiazole rings is 1. The van der Waals surface area contributed by atoms with Crippen molar-refractivity contribution >= 4 is 23.0 Å². The van der Waals surface area contributed by atoms with E-state index < -0.39 is 5.82 Å². The van der Waals surface area contributed by atoms with Crippen LogP contribution in [-0.4, -0.2) is 22.1 Å². The van der Waals surface area contributed by atoms with Crippen LogP contribution in [0.1, 0.15) is 4.88 Å². The van der Waals surface area contributed by atoms with E-state index in [1.54, 1.807) is 41.9 Å². The van der Waals surface area contributed by atoms with Crippen molar-refractivity contribution < 1.29 is 9.13 Å². The van der Waals surface area contributed by atoms with E-state index in [2.05, 4.69) is 20.3 Å². The van der Waals surface area contributed by atoms with E-state index in [1.807, 2.05) is 6.92 Å². The highest BCUT2D eigenvalue weighted by Gasteiger charge is 2.08. The predicted octanol–water partition coefficient (Wildman–Crippen LogP) is 3.80. The topological polar surface area (TPSA) is 59.9 Å². The van der Waals surface area contributed by atoms with E-state index in [0.29, 0.717) is 11.6 Å². The zero-order chi connectivity index (χ0) is 15.5. The fraction of sp³-hybridized carbons (Fsp3) is 0.133. The standard InChI is InChI=1S/C15H13FN4OS/c1-9-8-18-14(22-9)12-5-6-17-15(20-12)19-10-3-4-13(21-2)11(16)7-10/h3-8H,1-2H3,(H,17,19,20). The molecule has 22 heavy (non-hydrogen) atoms. The van der Waals surface area contributed by atoms with Gasteiger partial charge in [-0.25, -0.2) is 19.3 Å². The molecule has 0 saturated heterocycles. The smallest absolute Gasteiger partial charge is 0.227 e. The number of aryl methyl sites for hydroxylation is 1. The molecular formula is C15H13FN4OS. The Morgan fingerprint density at radius 2 is 2.09 bits per heavy atom. The van der Waals surface area contributed by atoms with Crippen molar-refractivity contribution in [2.45, 2.75) is 6.92 Å². The molecular weight excluding hydrogens is 303 g/mol. The predicted molar refractivity (Wildman–Crippen MR) is 84.1 cm³/mol. The largest absolute Gasteiger partial charge is 0.494 e. The number of anilines is 2. The van der Waals surface area contributed by atoms with E-state index in [0.717, 1.165) is 15.6 Å². The minimum absolute atomic E-state index is 0.193. The molecule has 2 heterocycles. The van der Waals surface area contributed by atoms with Gasteiger partial charge >= 0.3 is 0 Å². The van der Waals surface area contributed by atoms with E-state index in [1.165, 1.54) is 13.2 Å². The Hall–Kier alpha value is -2.54. The van der Waals surface area contributed by atoms with Crippen LogP contribution in [-0.2, 0) is 0 Å². The van der Waals surface area contributed by atoms with Crippen molar-refractivity contribution in [2.75, 3.05) is 12.4 Å². The Morgan fingerprint density at radius 3 is 2.77 bits per heavy atom. The van der Waals surface area contributed by atoms with Crippen LogP contribution in [0.5, 0.6) is 5.75 Å². The van der Waals surface area contributed by atoms with Crippen LogP contribution in [0.15, 0.2) is 36.7 Å². The number of hydrogen-bond donors (Lipinski definition) is 1. The maximum absolute atomic E-state index is 13.7. The van der Waals surface area contributed by atoms with Crippen molar-refractivity contribution in [1.29, 1.82) is 0 Å². The summed E-state index contributed by atoms with van der Waals surface area (Å²) in [5.41, 5.74) is 1.27. The maximum atomic E-state index is 13.7. The first-order chi connectivity index (χ1) is 10.7. The quantitative estimate of drug-likeness (QED) is 0.793. The third kappa shape index (κ3) is 3.04. The van der Waals surface area contributed by atoms with Crippen LogP contribution in [0.2, 0.25) is 0 Å². The summed E-state index contributed by atoms with van der Waals surface area (Å²) in [4.78, 5) is 13.9. The SMILES string of the molecule is COc1ccc(Nc2nccc(-c3ncc(C)s3)n2)cc1F. The molecule has 2 aromatic heterocycles. The molecule has 0 atom stereocenters. The van der Waals surface area contributed by atoms with Gasteiger partial charge in [-0.2, -0.15) is 0 Å². The van der Waals surface area contributed by atoms with Crippen LogP contribution in [0.4, 0.5) is 16.0 Å². The first-order valence-corrected chi connectivity index (χ1v) is 7.34. The van der Waals surface area contributed by atoms with Crippen LogP contribution in [0.3, 0.4) is 0 Å². The van der Waals surface area contributed by atoms with Gasteiger partial charge in [0.15, 0.2) is 11.6 Å². The molecule has 0 radical (unpaired) electrons. The van der Waals surface area contributed by atoms with Crippen molar-refractivity contribution in [3.05, 3.63) is 47.4 Å². The summed E-state index contributed by atoms with van der Waals surface area (Å²) in [5, 5.41) is 3.80. The lowest BCUT2D eigenvalue weighted by molar-refractivity contribution is 0.386. The Bertz CT molecular complexity index is 806. The molecule has 0 aliphatic carbocycles. The van der Waals surface area contributed by atoms with E-state index in [-0.39, 0.29) is 5.75 Å². The molecule has 0 aliphatic heterocycles. The molecule has 1 N–H and O–H groups in total. The number of nitrogens with one attached hydrogen (secondary N) is 1. The molecule has 3 rings (SSSR count). The average molecular weight is 316 g/mol. The average Bonchev–Trinajstić information content (AvgIpc) is 2.94. The van der Waals surface area contributed by atoms with E-state index in [4.69, 9.17) is 4.74 Å². The van der Waals surface area contributed by atoms with E-state index in [9.17, 15) is 4.39 Å². The number of benzene rings is 1. The number of hydrogen-bond acceptors (Lipinski definition) is 6. The molecule has 0 fully saturated rings. The van der Waals surface area contributed by atoms with Crippen molar-refractivity contribution in [2.24, 2.45) is 0 Å². The van der Waals surface area contributed by atoms with Crippen molar-refractivity contribution in [3.63, 3.8) is 0 Å². The minimum Gasteiger partial charge on any atom is -0.494 e.